The van der Waals surface area contributed by atoms with Crippen molar-refractivity contribution in [1.29, 1.82) is 5.26 Å². The maximum atomic E-state index is 12.1. The average Bonchev–Trinajstić information content (AvgIpc) is 2.78. The number of nitriles is 1. The summed E-state index contributed by atoms with van der Waals surface area (Å²) in [7, 11) is 0. The first-order valence-corrected chi connectivity index (χ1v) is 9.68. The van der Waals surface area contributed by atoms with Crippen molar-refractivity contribution in [3.8, 4) is 6.07 Å². The van der Waals surface area contributed by atoms with E-state index in [1.807, 2.05) is 48.5 Å². The number of rotatable bonds is 9. The van der Waals surface area contributed by atoms with Crippen LogP contribution in [0.5, 0.6) is 0 Å². The number of aliphatic hydroxyl groups excluding tert-OH is 1. The average molecular weight is 401 g/mol. The highest BCUT2D eigenvalue weighted by Crippen LogP contribution is 2.12. The summed E-state index contributed by atoms with van der Waals surface area (Å²) < 4.78 is 0. The largest absolute Gasteiger partial charge is 0.385 e. The first-order valence-electron chi connectivity index (χ1n) is 9.68. The van der Waals surface area contributed by atoms with E-state index < -0.39 is 6.10 Å². The molecule has 0 fully saturated rings. The van der Waals surface area contributed by atoms with E-state index in [1.54, 1.807) is 24.4 Å². The van der Waals surface area contributed by atoms with Crippen molar-refractivity contribution in [2.75, 3.05) is 18.4 Å². The Morgan fingerprint density at radius 3 is 2.67 bits per heavy atom. The van der Waals surface area contributed by atoms with Gasteiger partial charge in [-0.15, -0.1) is 0 Å². The van der Waals surface area contributed by atoms with Crippen LogP contribution in [0.15, 0.2) is 66.9 Å². The zero-order chi connectivity index (χ0) is 21.2. The molecular formula is C23H23N5O2. The van der Waals surface area contributed by atoms with Gasteiger partial charge in [-0.3, -0.25) is 9.78 Å². The van der Waals surface area contributed by atoms with Gasteiger partial charge in [-0.05, 0) is 54.9 Å². The van der Waals surface area contributed by atoms with Crippen LogP contribution in [0.2, 0.25) is 0 Å². The zero-order valence-electron chi connectivity index (χ0n) is 16.5. The lowest BCUT2D eigenvalue weighted by atomic mass is 10.1. The van der Waals surface area contributed by atoms with Crippen molar-refractivity contribution in [3.05, 3.63) is 89.5 Å². The molecule has 1 amide bonds. The van der Waals surface area contributed by atoms with Crippen molar-refractivity contribution in [1.82, 2.24) is 15.3 Å². The molecule has 1 aromatic carbocycles. The molecule has 3 rings (SSSR count). The van der Waals surface area contributed by atoms with Crippen LogP contribution in [0.1, 0.15) is 28.7 Å². The zero-order valence-corrected chi connectivity index (χ0v) is 16.5. The Morgan fingerprint density at radius 2 is 1.93 bits per heavy atom. The molecule has 1 atom stereocenters. The van der Waals surface area contributed by atoms with Crippen LogP contribution in [0.25, 0.3) is 0 Å². The van der Waals surface area contributed by atoms with Gasteiger partial charge in [-0.25, -0.2) is 4.98 Å². The van der Waals surface area contributed by atoms with Crippen molar-refractivity contribution < 1.29 is 9.90 Å². The molecule has 7 heteroatoms. The number of carbonyl (C=O) groups excluding carboxylic acids is 1. The number of nitrogens with one attached hydrogen (secondary N) is 2. The van der Waals surface area contributed by atoms with Crippen molar-refractivity contribution >= 4 is 11.6 Å². The molecule has 0 spiro atoms. The maximum Gasteiger partial charge on any atom is 0.230 e. The lowest BCUT2D eigenvalue weighted by molar-refractivity contribution is -0.115. The van der Waals surface area contributed by atoms with Crippen molar-refractivity contribution in [2.45, 2.75) is 18.9 Å². The van der Waals surface area contributed by atoms with Crippen LogP contribution in [0, 0.1) is 11.3 Å². The molecule has 3 N–H and O–H groups in total. The molecule has 0 saturated heterocycles. The molecule has 30 heavy (non-hydrogen) atoms. The Balaban J connectivity index is 1.40. The maximum absolute atomic E-state index is 12.1. The van der Waals surface area contributed by atoms with E-state index in [2.05, 4.69) is 20.6 Å². The van der Waals surface area contributed by atoms with Gasteiger partial charge in [0.25, 0.3) is 0 Å². The number of amides is 1. The van der Waals surface area contributed by atoms with Crippen molar-refractivity contribution in [2.24, 2.45) is 0 Å². The normalized spacial score (nSPS) is 11.5. The molecule has 0 aliphatic heterocycles. The smallest absolute Gasteiger partial charge is 0.230 e. The summed E-state index contributed by atoms with van der Waals surface area (Å²) in [6, 6.07) is 20.2. The monoisotopic (exact) mass is 401 g/mol. The summed E-state index contributed by atoms with van der Waals surface area (Å²) in [6.45, 7) is 1.03. The summed E-state index contributed by atoms with van der Waals surface area (Å²) in [5, 5.41) is 25.1. The fourth-order valence-electron chi connectivity index (χ4n) is 2.90. The minimum atomic E-state index is -0.769. The minimum absolute atomic E-state index is 0.105. The van der Waals surface area contributed by atoms with E-state index in [1.165, 1.54) is 0 Å². The number of hydrogen-bond donors (Lipinski definition) is 3. The fraction of sp³-hybridized carbons (Fsp3) is 0.217. The van der Waals surface area contributed by atoms with Gasteiger partial charge in [-0.1, -0.05) is 24.3 Å². The van der Waals surface area contributed by atoms with Gasteiger partial charge in [0.05, 0.1) is 12.1 Å². The number of anilines is 1. The molecule has 0 saturated carbocycles. The van der Waals surface area contributed by atoms with Crippen LogP contribution >= 0.6 is 0 Å². The highest BCUT2D eigenvalue weighted by molar-refractivity contribution is 5.91. The number of aliphatic hydroxyl groups is 1. The van der Waals surface area contributed by atoms with Gasteiger partial charge in [0.2, 0.25) is 5.91 Å². The second-order valence-corrected chi connectivity index (χ2v) is 6.77. The first-order chi connectivity index (χ1) is 14.6. The lowest BCUT2D eigenvalue weighted by Gasteiger charge is -2.12. The molecular weight excluding hydrogens is 378 g/mol. The van der Waals surface area contributed by atoms with Gasteiger partial charge >= 0.3 is 0 Å². The van der Waals surface area contributed by atoms with E-state index in [-0.39, 0.29) is 12.3 Å². The Labute approximate surface area is 175 Å². The standard InChI is InChI=1S/C23H23N5O2/c24-15-20-5-3-6-21(27-20)22(29)16-25-13-11-17-7-9-18(10-8-17)28-23(30)14-19-4-1-2-12-26-19/h1-10,12,22,25,29H,11,13-14,16H2,(H,28,30). The van der Waals surface area contributed by atoms with E-state index in [4.69, 9.17) is 5.26 Å². The molecule has 0 aliphatic carbocycles. The molecule has 3 aromatic rings. The quantitative estimate of drug-likeness (QED) is 0.475. The predicted octanol–water partition coefficient (Wildman–Crippen LogP) is 2.40. The second-order valence-electron chi connectivity index (χ2n) is 6.77. The van der Waals surface area contributed by atoms with E-state index in [0.29, 0.717) is 24.5 Å². The molecule has 0 aliphatic rings. The summed E-state index contributed by atoms with van der Waals surface area (Å²) in [4.78, 5) is 20.3. The molecule has 7 nitrogen and oxygen atoms in total. The molecule has 2 heterocycles. The third kappa shape index (κ3) is 6.48. The summed E-state index contributed by atoms with van der Waals surface area (Å²) in [5.41, 5.74) is 3.36. The SMILES string of the molecule is N#Cc1cccc(C(O)CNCCc2ccc(NC(=O)Cc3ccccn3)cc2)n1. The van der Waals surface area contributed by atoms with Crippen LogP contribution in [0.4, 0.5) is 5.69 Å². The van der Waals surface area contributed by atoms with E-state index in [9.17, 15) is 9.90 Å². The number of benzene rings is 1. The van der Waals surface area contributed by atoms with Gasteiger partial charge in [0.15, 0.2) is 0 Å². The number of nitrogens with zero attached hydrogens (tertiary/aromatic N) is 3. The van der Waals surface area contributed by atoms with Gasteiger partial charge in [0.1, 0.15) is 17.9 Å². The van der Waals surface area contributed by atoms with Crippen molar-refractivity contribution in [3.63, 3.8) is 0 Å². The number of pyridine rings is 2. The van der Waals surface area contributed by atoms with Gasteiger partial charge < -0.3 is 15.7 Å². The lowest BCUT2D eigenvalue weighted by Crippen LogP contribution is -2.24. The number of hydrogen-bond acceptors (Lipinski definition) is 6. The first kappa shape index (κ1) is 21.1. The second kappa shape index (κ2) is 10.8. The van der Waals surface area contributed by atoms with Crippen LogP contribution < -0.4 is 10.6 Å². The summed E-state index contributed by atoms with van der Waals surface area (Å²) in [5.74, 6) is -0.105. The molecule has 0 bridgehead atoms. The molecule has 2 aromatic heterocycles. The van der Waals surface area contributed by atoms with Gasteiger partial charge in [-0.2, -0.15) is 5.26 Å². The Morgan fingerprint density at radius 1 is 1.10 bits per heavy atom. The fourth-order valence-corrected chi connectivity index (χ4v) is 2.90. The van der Waals surface area contributed by atoms with Crippen LogP contribution in [-0.4, -0.2) is 34.1 Å². The molecule has 152 valence electrons. The number of aromatic nitrogens is 2. The Hall–Kier alpha value is -3.60. The summed E-state index contributed by atoms with van der Waals surface area (Å²) in [6.07, 6.45) is 1.92. The highest BCUT2D eigenvalue weighted by atomic mass is 16.3. The molecule has 1 unspecified atom stereocenters. The third-order valence-corrected chi connectivity index (χ3v) is 4.46. The topological polar surface area (TPSA) is 111 Å². The van der Waals surface area contributed by atoms with E-state index >= 15 is 0 Å². The van der Waals surface area contributed by atoms with Crippen LogP contribution in [0.3, 0.4) is 0 Å². The van der Waals surface area contributed by atoms with Crippen LogP contribution in [-0.2, 0) is 17.6 Å². The third-order valence-electron chi connectivity index (χ3n) is 4.46. The Kier molecular flexibility index (Phi) is 7.61. The number of carbonyl (C=O) groups is 1. The molecule has 0 radical (unpaired) electrons. The Bertz CT molecular complexity index is 1000. The summed E-state index contributed by atoms with van der Waals surface area (Å²) >= 11 is 0. The van der Waals surface area contributed by atoms with E-state index in [0.717, 1.165) is 23.4 Å². The minimum Gasteiger partial charge on any atom is -0.385 e. The van der Waals surface area contributed by atoms with Gasteiger partial charge in [0, 0.05) is 24.1 Å². The highest BCUT2D eigenvalue weighted by Gasteiger charge is 2.09. The predicted molar refractivity (Wildman–Crippen MR) is 113 cm³/mol.